The summed E-state index contributed by atoms with van der Waals surface area (Å²) in [5.74, 6) is 1.62. The van der Waals surface area contributed by atoms with E-state index in [2.05, 4.69) is 5.32 Å². The van der Waals surface area contributed by atoms with Crippen LogP contribution in [-0.4, -0.2) is 19.3 Å². The molecule has 0 aromatic heterocycles. The van der Waals surface area contributed by atoms with E-state index in [1.807, 2.05) is 19.1 Å². The fourth-order valence-corrected chi connectivity index (χ4v) is 2.11. The van der Waals surface area contributed by atoms with Crippen LogP contribution in [0.15, 0.2) is 42.5 Å². The average Bonchev–Trinajstić information content (AvgIpc) is 2.98. The molecule has 1 heterocycles. The third kappa shape index (κ3) is 2.76. The molecule has 1 amide bonds. The first-order valence-corrected chi connectivity index (χ1v) is 6.71. The number of benzene rings is 2. The van der Waals surface area contributed by atoms with Crippen LogP contribution in [-0.2, 0) is 0 Å². The summed E-state index contributed by atoms with van der Waals surface area (Å²) in [5.41, 5.74) is 1.15. The Morgan fingerprint density at radius 3 is 2.76 bits per heavy atom. The van der Waals surface area contributed by atoms with Crippen LogP contribution in [0, 0.1) is 0 Å². The second-order valence-corrected chi connectivity index (χ2v) is 4.45. The number of carbonyl (C=O) groups is 1. The third-order valence-electron chi connectivity index (χ3n) is 3.06. The predicted molar refractivity (Wildman–Crippen MR) is 78.1 cm³/mol. The number of carbonyl (C=O) groups excluding carboxylic acids is 1. The van der Waals surface area contributed by atoms with Crippen LogP contribution in [0.5, 0.6) is 17.2 Å². The van der Waals surface area contributed by atoms with Crippen molar-refractivity contribution in [3.05, 3.63) is 48.0 Å². The lowest BCUT2D eigenvalue weighted by molar-refractivity contribution is 0.102. The zero-order valence-corrected chi connectivity index (χ0v) is 11.6. The van der Waals surface area contributed by atoms with Gasteiger partial charge in [-0.3, -0.25) is 4.79 Å². The summed E-state index contributed by atoms with van der Waals surface area (Å²) in [6.45, 7) is 2.68. The summed E-state index contributed by atoms with van der Waals surface area (Å²) in [7, 11) is 0. The lowest BCUT2D eigenvalue weighted by Crippen LogP contribution is -2.12. The minimum atomic E-state index is -0.235. The van der Waals surface area contributed by atoms with E-state index in [0.717, 1.165) is 5.75 Å². The molecule has 5 heteroatoms. The summed E-state index contributed by atoms with van der Waals surface area (Å²) in [4.78, 5) is 12.3. The highest BCUT2D eigenvalue weighted by Gasteiger charge is 2.21. The van der Waals surface area contributed by atoms with Crippen molar-refractivity contribution in [2.75, 3.05) is 18.7 Å². The van der Waals surface area contributed by atoms with Crippen LogP contribution in [0.2, 0.25) is 0 Å². The fourth-order valence-electron chi connectivity index (χ4n) is 2.11. The number of anilines is 1. The summed E-state index contributed by atoms with van der Waals surface area (Å²) < 4.78 is 16.0. The minimum absolute atomic E-state index is 0.142. The molecule has 0 aliphatic carbocycles. The molecule has 0 bridgehead atoms. The van der Waals surface area contributed by atoms with Crippen molar-refractivity contribution in [1.29, 1.82) is 0 Å². The van der Waals surface area contributed by atoms with Gasteiger partial charge in [-0.05, 0) is 43.3 Å². The predicted octanol–water partition coefficient (Wildman–Crippen LogP) is 3.07. The van der Waals surface area contributed by atoms with Crippen molar-refractivity contribution < 1.29 is 19.0 Å². The number of ether oxygens (including phenoxy) is 3. The quantitative estimate of drug-likeness (QED) is 0.938. The van der Waals surface area contributed by atoms with E-state index < -0.39 is 0 Å². The summed E-state index contributed by atoms with van der Waals surface area (Å²) in [6, 6.07) is 12.5. The summed E-state index contributed by atoms with van der Waals surface area (Å²) in [6.07, 6.45) is 0. The number of para-hydroxylation sites is 1. The highest BCUT2D eigenvalue weighted by Crippen LogP contribution is 2.35. The van der Waals surface area contributed by atoms with Crippen LogP contribution in [0.1, 0.15) is 17.3 Å². The van der Waals surface area contributed by atoms with Crippen LogP contribution >= 0.6 is 0 Å². The number of hydrogen-bond donors (Lipinski definition) is 1. The number of rotatable bonds is 4. The maximum Gasteiger partial charge on any atom is 0.259 e. The number of amides is 1. The normalized spacial score (nSPS) is 12.0. The second-order valence-electron chi connectivity index (χ2n) is 4.45. The molecule has 2 aromatic carbocycles. The summed E-state index contributed by atoms with van der Waals surface area (Å²) in [5, 5.41) is 2.83. The van der Waals surface area contributed by atoms with Crippen molar-refractivity contribution in [2.45, 2.75) is 6.92 Å². The molecule has 0 radical (unpaired) electrons. The Morgan fingerprint density at radius 1 is 1.19 bits per heavy atom. The second kappa shape index (κ2) is 5.75. The number of fused-ring (bicyclic) bond motifs is 1. The third-order valence-corrected chi connectivity index (χ3v) is 3.06. The molecule has 1 aliphatic rings. The fraction of sp³-hybridized carbons (Fsp3) is 0.188. The Bertz CT molecular complexity index is 652. The lowest BCUT2D eigenvalue weighted by atomic mass is 10.1. The molecule has 0 unspecified atom stereocenters. The topological polar surface area (TPSA) is 56.8 Å². The smallest absolute Gasteiger partial charge is 0.259 e. The Balaban J connectivity index is 1.76. The van der Waals surface area contributed by atoms with Gasteiger partial charge in [-0.1, -0.05) is 6.07 Å². The SMILES string of the molecule is CCOc1ccc(NC(=O)c2cccc3c2OCO3)cc1. The minimum Gasteiger partial charge on any atom is -0.494 e. The van der Waals surface area contributed by atoms with Gasteiger partial charge in [0.05, 0.1) is 12.2 Å². The standard InChI is InChI=1S/C16H15NO4/c1-2-19-12-8-6-11(7-9-12)17-16(18)13-4-3-5-14-15(13)21-10-20-14/h3-9H,2,10H2,1H3,(H,17,18). The van der Waals surface area contributed by atoms with Crippen LogP contribution in [0.25, 0.3) is 0 Å². The maximum atomic E-state index is 12.3. The maximum absolute atomic E-state index is 12.3. The van der Waals surface area contributed by atoms with Gasteiger partial charge in [0.15, 0.2) is 11.5 Å². The van der Waals surface area contributed by atoms with Crippen molar-refractivity contribution >= 4 is 11.6 Å². The van der Waals surface area contributed by atoms with E-state index in [-0.39, 0.29) is 12.7 Å². The van der Waals surface area contributed by atoms with E-state index in [9.17, 15) is 4.79 Å². The van der Waals surface area contributed by atoms with Crippen molar-refractivity contribution in [2.24, 2.45) is 0 Å². The molecule has 0 saturated heterocycles. The first kappa shape index (κ1) is 13.3. The average molecular weight is 285 g/mol. The van der Waals surface area contributed by atoms with Gasteiger partial charge in [0.25, 0.3) is 5.91 Å². The zero-order valence-electron chi connectivity index (χ0n) is 11.6. The van der Waals surface area contributed by atoms with Gasteiger partial charge in [0.1, 0.15) is 5.75 Å². The Kier molecular flexibility index (Phi) is 3.64. The van der Waals surface area contributed by atoms with Crippen LogP contribution in [0.3, 0.4) is 0 Å². The van der Waals surface area contributed by atoms with Gasteiger partial charge in [0.2, 0.25) is 6.79 Å². The van der Waals surface area contributed by atoms with Gasteiger partial charge in [-0.2, -0.15) is 0 Å². The molecular formula is C16H15NO4. The number of hydrogen-bond acceptors (Lipinski definition) is 4. The Hall–Kier alpha value is -2.69. The Labute approximate surface area is 122 Å². The first-order chi connectivity index (χ1) is 10.3. The highest BCUT2D eigenvalue weighted by atomic mass is 16.7. The van der Waals surface area contributed by atoms with Crippen molar-refractivity contribution in [3.63, 3.8) is 0 Å². The van der Waals surface area contributed by atoms with Gasteiger partial charge in [-0.15, -0.1) is 0 Å². The molecule has 0 spiro atoms. The lowest BCUT2D eigenvalue weighted by Gasteiger charge is -2.08. The van der Waals surface area contributed by atoms with E-state index in [0.29, 0.717) is 29.4 Å². The molecule has 1 N–H and O–H groups in total. The first-order valence-electron chi connectivity index (χ1n) is 6.71. The molecule has 5 nitrogen and oxygen atoms in total. The number of nitrogens with one attached hydrogen (secondary N) is 1. The van der Waals surface area contributed by atoms with Gasteiger partial charge < -0.3 is 19.5 Å². The van der Waals surface area contributed by atoms with Gasteiger partial charge in [-0.25, -0.2) is 0 Å². The van der Waals surface area contributed by atoms with E-state index in [4.69, 9.17) is 14.2 Å². The monoisotopic (exact) mass is 285 g/mol. The van der Waals surface area contributed by atoms with Crippen LogP contribution < -0.4 is 19.5 Å². The molecule has 2 aromatic rings. The van der Waals surface area contributed by atoms with Gasteiger partial charge >= 0.3 is 0 Å². The van der Waals surface area contributed by atoms with Gasteiger partial charge in [0, 0.05) is 5.69 Å². The van der Waals surface area contributed by atoms with E-state index in [1.165, 1.54) is 0 Å². The molecule has 21 heavy (non-hydrogen) atoms. The van der Waals surface area contributed by atoms with E-state index >= 15 is 0 Å². The molecule has 0 saturated carbocycles. The molecular weight excluding hydrogens is 270 g/mol. The van der Waals surface area contributed by atoms with E-state index in [1.54, 1.807) is 30.3 Å². The zero-order chi connectivity index (χ0) is 14.7. The molecule has 108 valence electrons. The molecule has 0 fully saturated rings. The van der Waals surface area contributed by atoms with Crippen molar-refractivity contribution in [3.8, 4) is 17.2 Å². The summed E-state index contributed by atoms with van der Waals surface area (Å²) >= 11 is 0. The van der Waals surface area contributed by atoms with Crippen LogP contribution in [0.4, 0.5) is 5.69 Å². The molecule has 1 aliphatic heterocycles. The highest BCUT2D eigenvalue weighted by molar-refractivity contribution is 6.06. The van der Waals surface area contributed by atoms with Crippen molar-refractivity contribution in [1.82, 2.24) is 0 Å². The molecule has 3 rings (SSSR count). The molecule has 0 atom stereocenters. The Morgan fingerprint density at radius 2 is 2.00 bits per heavy atom. The largest absolute Gasteiger partial charge is 0.494 e.